The van der Waals surface area contributed by atoms with Crippen molar-refractivity contribution < 1.29 is 14.4 Å². The largest absolute Gasteiger partial charge is 0.346 e. The highest BCUT2D eigenvalue weighted by Crippen LogP contribution is 2.24. The molecule has 0 saturated carbocycles. The molecule has 1 saturated heterocycles. The fourth-order valence-electron chi connectivity index (χ4n) is 2.13. The van der Waals surface area contributed by atoms with Gasteiger partial charge in [0, 0.05) is 17.6 Å². The Morgan fingerprint density at radius 3 is 2.26 bits per heavy atom. The van der Waals surface area contributed by atoms with Crippen molar-refractivity contribution in [2.45, 2.75) is 31.8 Å². The molecular formula is C15H21ClN4O3. The number of hydrogen-bond acceptors (Lipinski definition) is 4. The number of nitrogens with two attached hydrogens (primary N) is 1. The molecule has 1 unspecified atom stereocenters. The standard InChI is InChI=1S/C15H20N4O3.ClH/c1-14(2,8-16)18-11(20)9-4-6-10(7-5-9)15(3)12(21)17-13(22)19-15;/h4-7H,8,16H2,1-3H3,(H,18,20)(H2,17,19,21,22);1H. The molecule has 1 atom stereocenters. The Kier molecular flexibility index (Phi) is 5.39. The minimum absolute atomic E-state index is 0. The van der Waals surface area contributed by atoms with E-state index in [-0.39, 0.29) is 18.3 Å². The molecule has 0 aliphatic carbocycles. The second-order valence-electron chi connectivity index (χ2n) is 6.15. The molecule has 126 valence electrons. The first-order chi connectivity index (χ1) is 10.2. The van der Waals surface area contributed by atoms with E-state index in [0.717, 1.165) is 0 Å². The summed E-state index contributed by atoms with van der Waals surface area (Å²) >= 11 is 0. The molecule has 0 spiro atoms. The fourth-order valence-corrected chi connectivity index (χ4v) is 2.13. The summed E-state index contributed by atoms with van der Waals surface area (Å²) in [7, 11) is 0. The van der Waals surface area contributed by atoms with Gasteiger partial charge in [-0.3, -0.25) is 14.9 Å². The zero-order chi connectivity index (χ0) is 16.5. The van der Waals surface area contributed by atoms with Gasteiger partial charge in [0.25, 0.3) is 11.8 Å². The van der Waals surface area contributed by atoms with Crippen LogP contribution in [0.1, 0.15) is 36.7 Å². The molecular weight excluding hydrogens is 320 g/mol. The monoisotopic (exact) mass is 340 g/mol. The van der Waals surface area contributed by atoms with E-state index in [9.17, 15) is 14.4 Å². The van der Waals surface area contributed by atoms with Gasteiger partial charge in [-0.15, -0.1) is 12.4 Å². The van der Waals surface area contributed by atoms with Crippen LogP contribution in [0, 0.1) is 0 Å². The molecule has 1 heterocycles. The number of carbonyl (C=O) groups is 3. The Bertz CT molecular complexity index is 630. The number of hydrogen-bond donors (Lipinski definition) is 4. The van der Waals surface area contributed by atoms with Crippen molar-refractivity contribution in [3.05, 3.63) is 35.4 Å². The maximum atomic E-state index is 12.1. The average molecular weight is 341 g/mol. The van der Waals surface area contributed by atoms with Crippen LogP contribution in [-0.4, -0.2) is 29.9 Å². The summed E-state index contributed by atoms with van der Waals surface area (Å²) < 4.78 is 0. The van der Waals surface area contributed by atoms with Crippen LogP contribution in [0.3, 0.4) is 0 Å². The van der Waals surface area contributed by atoms with E-state index in [0.29, 0.717) is 17.7 Å². The van der Waals surface area contributed by atoms with E-state index < -0.39 is 23.0 Å². The molecule has 5 N–H and O–H groups in total. The predicted octanol–water partition coefficient (Wildman–Crippen LogP) is 0.630. The summed E-state index contributed by atoms with van der Waals surface area (Å²) in [6.45, 7) is 5.60. The molecule has 1 aromatic carbocycles. The molecule has 2 rings (SSSR count). The molecule has 4 amide bonds. The van der Waals surface area contributed by atoms with Crippen molar-refractivity contribution >= 4 is 30.3 Å². The van der Waals surface area contributed by atoms with Crippen LogP contribution in [0.5, 0.6) is 0 Å². The van der Waals surface area contributed by atoms with Crippen LogP contribution in [0.4, 0.5) is 4.79 Å². The first kappa shape index (κ1) is 18.9. The van der Waals surface area contributed by atoms with E-state index in [2.05, 4.69) is 16.0 Å². The number of nitrogens with one attached hydrogen (secondary N) is 3. The Labute approximate surface area is 140 Å². The highest BCUT2D eigenvalue weighted by molar-refractivity contribution is 6.07. The number of imide groups is 1. The van der Waals surface area contributed by atoms with Crippen molar-refractivity contribution in [2.24, 2.45) is 5.73 Å². The second-order valence-corrected chi connectivity index (χ2v) is 6.15. The number of amides is 4. The van der Waals surface area contributed by atoms with Crippen molar-refractivity contribution in [2.75, 3.05) is 6.54 Å². The molecule has 1 fully saturated rings. The number of rotatable bonds is 4. The smallest absolute Gasteiger partial charge is 0.322 e. The van der Waals surface area contributed by atoms with Crippen LogP contribution >= 0.6 is 12.4 Å². The van der Waals surface area contributed by atoms with Gasteiger partial charge in [-0.25, -0.2) is 4.79 Å². The third kappa shape index (κ3) is 3.80. The highest BCUT2D eigenvalue weighted by atomic mass is 35.5. The average Bonchev–Trinajstić information content (AvgIpc) is 2.72. The van der Waals surface area contributed by atoms with E-state index >= 15 is 0 Å². The molecule has 1 aliphatic heterocycles. The van der Waals surface area contributed by atoms with Gasteiger partial charge in [-0.05, 0) is 38.5 Å². The quantitative estimate of drug-likeness (QED) is 0.602. The third-order valence-corrected chi connectivity index (χ3v) is 3.73. The maximum Gasteiger partial charge on any atom is 0.322 e. The number of urea groups is 1. The molecule has 23 heavy (non-hydrogen) atoms. The number of halogens is 1. The molecule has 0 bridgehead atoms. The van der Waals surface area contributed by atoms with E-state index in [1.165, 1.54) is 0 Å². The van der Waals surface area contributed by atoms with Crippen molar-refractivity contribution in [1.82, 2.24) is 16.0 Å². The van der Waals surface area contributed by atoms with E-state index in [4.69, 9.17) is 5.73 Å². The lowest BCUT2D eigenvalue weighted by atomic mass is 9.91. The van der Waals surface area contributed by atoms with Crippen LogP contribution in [-0.2, 0) is 10.3 Å². The van der Waals surface area contributed by atoms with Gasteiger partial charge in [-0.2, -0.15) is 0 Å². The minimum Gasteiger partial charge on any atom is -0.346 e. The summed E-state index contributed by atoms with van der Waals surface area (Å²) in [5.41, 5.74) is 5.02. The highest BCUT2D eigenvalue weighted by Gasteiger charge is 2.43. The van der Waals surface area contributed by atoms with E-state index in [1.807, 2.05) is 13.8 Å². The molecule has 1 aliphatic rings. The molecule has 7 nitrogen and oxygen atoms in total. The van der Waals surface area contributed by atoms with Gasteiger partial charge >= 0.3 is 6.03 Å². The summed E-state index contributed by atoms with van der Waals surface area (Å²) in [5, 5.41) is 7.60. The summed E-state index contributed by atoms with van der Waals surface area (Å²) in [4.78, 5) is 35.3. The Morgan fingerprint density at radius 2 is 1.83 bits per heavy atom. The van der Waals surface area contributed by atoms with Crippen LogP contribution < -0.4 is 21.7 Å². The topological polar surface area (TPSA) is 113 Å². The van der Waals surface area contributed by atoms with Crippen molar-refractivity contribution in [3.8, 4) is 0 Å². The molecule has 1 aromatic rings. The zero-order valence-electron chi connectivity index (χ0n) is 13.2. The lowest BCUT2D eigenvalue weighted by molar-refractivity contribution is -0.123. The first-order valence-electron chi connectivity index (χ1n) is 6.95. The summed E-state index contributed by atoms with van der Waals surface area (Å²) in [6.07, 6.45) is 0. The van der Waals surface area contributed by atoms with Gasteiger partial charge in [0.2, 0.25) is 0 Å². The number of carbonyl (C=O) groups excluding carboxylic acids is 3. The molecule has 0 aromatic heterocycles. The summed E-state index contributed by atoms with van der Waals surface area (Å²) in [6, 6.07) is 5.99. The number of benzene rings is 1. The predicted molar refractivity (Wildman–Crippen MR) is 88.3 cm³/mol. The SMILES string of the molecule is CC(C)(CN)NC(=O)c1ccc(C2(C)NC(=O)NC2=O)cc1.Cl. The molecule has 0 radical (unpaired) electrons. The zero-order valence-corrected chi connectivity index (χ0v) is 14.0. The van der Waals surface area contributed by atoms with Gasteiger partial charge in [0.15, 0.2) is 0 Å². The van der Waals surface area contributed by atoms with Crippen molar-refractivity contribution in [3.63, 3.8) is 0 Å². The lowest BCUT2D eigenvalue weighted by Gasteiger charge is -2.25. The van der Waals surface area contributed by atoms with Gasteiger partial charge < -0.3 is 16.4 Å². The van der Waals surface area contributed by atoms with Crippen LogP contribution in [0.2, 0.25) is 0 Å². The second kappa shape index (κ2) is 6.55. The third-order valence-electron chi connectivity index (χ3n) is 3.73. The Balaban J connectivity index is 0.00000264. The van der Waals surface area contributed by atoms with E-state index in [1.54, 1.807) is 31.2 Å². The Hall–Kier alpha value is -2.12. The van der Waals surface area contributed by atoms with Gasteiger partial charge in [0.1, 0.15) is 5.54 Å². The van der Waals surface area contributed by atoms with Crippen LogP contribution in [0.25, 0.3) is 0 Å². The normalized spacial score (nSPS) is 20.3. The summed E-state index contributed by atoms with van der Waals surface area (Å²) in [5.74, 6) is -0.661. The van der Waals surface area contributed by atoms with Gasteiger partial charge in [0.05, 0.1) is 0 Å². The first-order valence-corrected chi connectivity index (χ1v) is 6.95. The van der Waals surface area contributed by atoms with Crippen LogP contribution in [0.15, 0.2) is 24.3 Å². The fraction of sp³-hybridized carbons (Fsp3) is 0.400. The van der Waals surface area contributed by atoms with Gasteiger partial charge in [-0.1, -0.05) is 12.1 Å². The minimum atomic E-state index is -1.12. The maximum absolute atomic E-state index is 12.1. The Morgan fingerprint density at radius 1 is 1.26 bits per heavy atom. The lowest BCUT2D eigenvalue weighted by Crippen LogP contribution is -2.48. The molecule has 8 heteroatoms. The van der Waals surface area contributed by atoms with Crippen molar-refractivity contribution in [1.29, 1.82) is 0 Å².